The number of anilines is 1. The van der Waals surface area contributed by atoms with Gasteiger partial charge in [0.15, 0.2) is 0 Å². The van der Waals surface area contributed by atoms with Crippen molar-refractivity contribution in [3.05, 3.63) is 41.2 Å². The molecule has 0 unspecified atom stereocenters. The lowest BCUT2D eigenvalue weighted by Gasteiger charge is -2.09. The standard InChI is InChI=1S/C10H10ClFN4O2S/c11-7-1-8(12)9(13)2-10(7)19(17,18)16-4-6-3-14-5-15-6/h1-3,5,16H,4,13H2,(H,14,15). The Bertz CT molecular complexity index is 688. The molecule has 1 aromatic carbocycles. The number of aromatic nitrogens is 2. The lowest BCUT2D eigenvalue weighted by molar-refractivity contribution is 0.580. The summed E-state index contributed by atoms with van der Waals surface area (Å²) in [5.41, 5.74) is 5.63. The van der Waals surface area contributed by atoms with E-state index in [2.05, 4.69) is 14.7 Å². The Morgan fingerprint density at radius 1 is 1.47 bits per heavy atom. The molecule has 2 aromatic rings. The molecule has 19 heavy (non-hydrogen) atoms. The summed E-state index contributed by atoms with van der Waals surface area (Å²) >= 11 is 5.71. The molecule has 0 saturated heterocycles. The molecule has 0 atom stereocenters. The number of aromatic amines is 1. The Morgan fingerprint density at radius 3 is 2.84 bits per heavy atom. The summed E-state index contributed by atoms with van der Waals surface area (Å²) in [6.45, 7) is 0.00986. The van der Waals surface area contributed by atoms with E-state index in [9.17, 15) is 12.8 Å². The number of nitrogen functional groups attached to an aromatic ring is 1. The minimum absolute atomic E-state index is 0.00986. The quantitative estimate of drug-likeness (QED) is 0.740. The van der Waals surface area contributed by atoms with E-state index in [4.69, 9.17) is 17.3 Å². The van der Waals surface area contributed by atoms with Gasteiger partial charge in [-0.2, -0.15) is 0 Å². The van der Waals surface area contributed by atoms with Gasteiger partial charge in [0.25, 0.3) is 0 Å². The van der Waals surface area contributed by atoms with Crippen LogP contribution in [0.5, 0.6) is 0 Å². The number of nitrogens with one attached hydrogen (secondary N) is 2. The smallest absolute Gasteiger partial charge is 0.242 e. The Kier molecular flexibility index (Phi) is 3.74. The molecule has 0 bridgehead atoms. The maximum atomic E-state index is 13.1. The summed E-state index contributed by atoms with van der Waals surface area (Å²) in [6.07, 6.45) is 2.90. The molecule has 0 amide bonds. The van der Waals surface area contributed by atoms with E-state index in [0.717, 1.165) is 12.1 Å². The van der Waals surface area contributed by atoms with Crippen molar-refractivity contribution in [3.8, 4) is 0 Å². The van der Waals surface area contributed by atoms with Crippen molar-refractivity contribution in [3.63, 3.8) is 0 Å². The molecule has 4 N–H and O–H groups in total. The van der Waals surface area contributed by atoms with E-state index < -0.39 is 15.8 Å². The summed E-state index contributed by atoms with van der Waals surface area (Å²) in [5.74, 6) is -0.766. The summed E-state index contributed by atoms with van der Waals surface area (Å²) in [7, 11) is -3.88. The first kappa shape index (κ1) is 13.8. The van der Waals surface area contributed by atoms with Crippen LogP contribution >= 0.6 is 11.6 Å². The van der Waals surface area contributed by atoms with Gasteiger partial charge in [-0.15, -0.1) is 0 Å². The van der Waals surface area contributed by atoms with E-state index >= 15 is 0 Å². The van der Waals surface area contributed by atoms with Crippen LogP contribution in [0.25, 0.3) is 0 Å². The molecule has 0 fully saturated rings. The van der Waals surface area contributed by atoms with Crippen LogP contribution in [0, 0.1) is 5.82 Å². The van der Waals surface area contributed by atoms with Crippen molar-refractivity contribution < 1.29 is 12.8 Å². The minimum atomic E-state index is -3.88. The second kappa shape index (κ2) is 5.16. The molecule has 2 rings (SSSR count). The van der Waals surface area contributed by atoms with Crippen molar-refractivity contribution in [1.29, 1.82) is 0 Å². The minimum Gasteiger partial charge on any atom is -0.396 e. The zero-order valence-electron chi connectivity index (χ0n) is 9.52. The van der Waals surface area contributed by atoms with Gasteiger partial charge >= 0.3 is 0 Å². The first-order valence-corrected chi connectivity index (χ1v) is 6.97. The first-order chi connectivity index (χ1) is 8.90. The number of benzene rings is 1. The summed E-state index contributed by atoms with van der Waals surface area (Å²) in [6, 6.07) is 1.84. The first-order valence-electron chi connectivity index (χ1n) is 5.11. The highest BCUT2D eigenvalue weighted by Gasteiger charge is 2.20. The van der Waals surface area contributed by atoms with Gasteiger partial charge in [-0.1, -0.05) is 11.6 Å². The molecular weight excluding hydrogens is 295 g/mol. The Hall–Kier alpha value is -1.64. The van der Waals surface area contributed by atoms with Crippen LogP contribution in [-0.4, -0.2) is 18.4 Å². The number of hydrogen-bond acceptors (Lipinski definition) is 4. The van der Waals surface area contributed by atoms with E-state index in [1.165, 1.54) is 12.5 Å². The molecule has 0 aliphatic carbocycles. The molecule has 1 heterocycles. The monoisotopic (exact) mass is 304 g/mol. The van der Waals surface area contributed by atoms with Gasteiger partial charge in [0.05, 0.1) is 23.6 Å². The maximum absolute atomic E-state index is 13.1. The molecule has 0 aliphatic heterocycles. The highest BCUT2D eigenvalue weighted by atomic mass is 35.5. The number of nitrogens with zero attached hydrogens (tertiary/aromatic N) is 1. The molecule has 1 aromatic heterocycles. The lowest BCUT2D eigenvalue weighted by Crippen LogP contribution is -2.24. The third-order valence-corrected chi connectivity index (χ3v) is 4.21. The highest BCUT2D eigenvalue weighted by Crippen LogP contribution is 2.26. The summed E-state index contributed by atoms with van der Waals surface area (Å²) in [4.78, 5) is 6.22. The van der Waals surface area contributed by atoms with Crippen LogP contribution in [0.4, 0.5) is 10.1 Å². The second-order valence-corrected chi connectivity index (χ2v) is 5.85. The number of sulfonamides is 1. The van der Waals surface area contributed by atoms with Gasteiger partial charge in [0.2, 0.25) is 10.0 Å². The number of H-pyrrole nitrogens is 1. The SMILES string of the molecule is Nc1cc(S(=O)(=O)NCc2cnc[nH]2)c(Cl)cc1F. The molecule has 0 saturated carbocycles. The van der Waals surface area contributed by atoms with Crippen LogP contribution in [0.1, 0.15) is 5.69 Å². The Labute approximate surface area is 113 Å². The number of imidazole rings is 1. The van der Waals surface area contributed by atoms with Crippen LogP contribution < -0.4 is 10.5 Å². The molecule has 0 spiro atoms. The Morgan fingerprint density at radius 2 is 2.21 bits per heavy atom. The Balaban J connectivity index is 2.27. The van der Waals surface area contributed by atoms with Gasteiger partial charge in [-0.25, -0.2) is 22.5 Å². The maximum Gasteiger partial charge on any atom is 0.242 e. The zero-order chi connectivity index (χ0) is 14.0. The van der Waals surface area contributed by atoms with Crippen LogP contribution in [-0.2, 0) is 16.6 Å². The number of halogens is 2. The molecule has 0 aliphatic rings. The fraction of sp³-hybridized carbons (Fsp3) is 0.100. The molecule has 6 nitrogen and oxygen atoms in total. The number of hydrogen-bond donors (Lipinski definition) is 3. The van der Waals surface area contributed by atoms with Crippen molar-refractivity contribution in [2.45, 2.75) is 11.4 Å². The average Bonchev–Trinajstić information content (AvgIpc) is 2.84. The predicted octanol–water partition coefficient (Wildman–Crippen LogP) is 1.26. The van der Waals surface area contributed by atoms with Crippen molar-refractivity contribution >= 4 is 27.3 Å². The topological polar surface area (TPSA) is 101 Å². The van der Waals surface area contributed by atoms with E-state index in [1.807, 2.05) is 0 Å². The summed E-state index contributed by atoms with van der Waals surface area (Å²) in [5, 5.41) is -0.233. The lowest BCUT2D eigenvalue weighted by atomic mass is 10.3. The third-order valence-electron chi connectivity index (χ3n) is 2.35. The van der Waals surface area contributed by atoms with Gasteiger partial charge in [0, 0.05) is 11.9 Å². The van der Waals surface area contributed by atoms with Crippen molar-refractivity contribution in [2.75, 3.05) is 5.73 Å². The fourth-order valence-corrected chi connectivity index (χ4v) is 2.94. The number of nitrogens with two attached hydrogens (primary N) is 1. The van der Waals surface area contributed by atoms with Crippen LogP contribution in [0.2, 0.25) is 5.02 Å². The second-order valence-electron chi connectivity index (χ2n) is 3.71. The normalized spacial score (nSPS) is 11.7. The summed E-state index contributed by atoms with van der Waals surface area (Å²) < 4.78 is 39.4. The van der Waals surface area contributed by atoms with Crippen molar-refractivity contribution in [2.24, 2.45) is 0 Å². The van der Waals surface area contributed by atoms with Gasteiger partial charge in [0.1, 0.15) is 10.7 Å². The molecule has 102 valence electrons. The third kappa shape index (κ3) is 3.03. The zero-order valence-corrected chi connectivity index (χ0v) is 11.1. The highest BCUT2D eigenvalue weighted by molar-refractivity contribution is 7.89. The van der Waals surface area contributed by atoms with Gasteiger partial charge in [-0.3, -0.25) is 0 Å². The molecule has 9 heteroatoms. The van der Waals surface area contributed by atoms with Gasteiger partial charge in [-0.05, 0) is 12.1 Å². The van der Waals surface area contributed by atoms with Crippen LogP contribution in [0.15, 0.2) is 29.6 Å². The number of rotatable bonds is 4. The largest absolute Gasteiger partial charge is 0.396 e. The van der Waals surface area contributed by atoms with E-state index in [0.29, 0.717) is 5.69 Å². The molecule has 0 radical (unpaired) electrons. The van der Waals surface area contributed by atoms with E-state index in [1.54, 1.807) is 0 Å². The van der Waals surface area contributed by atoms with Gasteiger partial charge < -0.3 is 10.7 Å². The van der Waals surface area contributed by atoms with Crippen molar-refractivity contribution in [1.82, 2.24) is 14.7 Å². The predicted molar refractivity (Wildman–Crippen MR) is 68.4 cm³/mol. The molecular formula is C10H10ClFN4O2S. The average molecular weight is 305 g/mol. The van der Waals surface area contributed by atoms with E-state index in [-0.39, 0.29) is 22.2 Å². The fourth-order valence-electron chi connectivity index (χ4n) is 1.38. The van der Waals surface area contributed by atoms with Crippen LogP contribution in [0.3, 0.4) is 0 Å².